The Morgan fingerprint density at radius 2 is 2.00 bits per heavy atom. The van der Waals surface area contributed by atoms with Gasteiger partial charge < -0.3 is 5.32 Å². The summed E-state index contributed by atoms with van der Waals surface area (Å²) < 4.78 is 13.9. The van der Waals surface area contributed by atoms with Gasteiger partial charge in [0.15, 0.2) is 0 Å². The summed E-state index contributed by atoms with van der Waals surface area (Å²) in [7, 11) is 0. The number of anilines is 1. The van der Waals surface area contributed by atoms with E-state index < -0.39 is 0 Å². The zero-order valence-electron chi connectivity index (χ0n) is 9.71. The molecule has 0 aliphatic carbocycles. The first-order valence-corrected chi connectivity index (χ1v) is 6.18. The van der Waals surface area contributed by atoms with E-state index in [0.29, 0.717) is 11.3 Å². The summed E-state index contributed by atoms with van der Waals surface area (Å²) in [6.07, 6.45) is 0. The third-order valence-corrected chi connectivity index (χ3v) is 3.39. The lowest BCUT2D eigenvalue weighted by molar-refractivity contribution is 0.102. The molecule has 0 fully saturated rings. The fraction of sp³-hybridized carbons (Fsp3) is 0.0714. The molecule has 0 aliphatic heterocycles. The molecule has 0 saturated carbocycles. The fourth-order valence-electron chi connectivity index (χ4n) is 1.56. The summed E-state index contributed by atoms with van der Waals surface area (Å²) in [6, 6.07) is 11.1. The first-order chi connectivity index (χ1) is 8.56. The van der Waals surface area contributed by atoms with Crippen molar-refractivity contribution in [1.82, 2.24) is 0 Å². The molecule has 2 aromatic rings. The van der Waals surface area contributed by atoms with Gasteiger partial charge in [-0.15, -0.1) is 0 Å². The molecule has 2 rings (SSSR count). The molecule has 0 atom stereocenters. The van der Waals surface area contributed by atoms with E-state index in [1.807, 2.05) is 13.0 Å². The number of rotatable bonds is 2. The second kappa shape index (κ2) is 5.31. The van der Waals surface area contributed by atoms with Gasteiger partial charge in [0.05, 0.1) is 0 Å². The Morgan fingerprint density at radius 1 is 1.22 bits per heavy atom. The Labute approximate surface area is 113 Å². The van der Waals surface area contributed by atoms with Gasteiger partial charge in [-0.1, -0.05) is 22.0 Å². The van der Waals surface area contributed by atoms with Crippen LogP contribution >= 0.6 is 15.9 Å². The summed E-state index contributed by atoms with van der Waals surface area (Å²) in [5, 5.41) is 2.65. The minimum Gasteiger partial charge on any atom is -0.322 e. The number of halogens is 2. The molecule has 0 saturated heterocycles. The molecule has 18 heavy (non-hydrogen) atoms. The molecule has 2 aromatic carbocycles. The van der Waals surface area contributed by atoms with Crippen LogP contribution in [0.4, 0.5) is 10.1 Å². The van der Waals surface area contributed by atoms with Gasteiger partial charge in [-0.25, -0.2) is 4.39 Å². The van der Waals surface area contributed by atoms with E-state index in [9.17, 15) is 9.18 Å². The van der Waals surface area contributed by atoms with Crippen LogP contribution in [0.1, 0.15) is 15.9 Å². The minimum atomic E-state index is -0.375. The molecule has 4 heteroatoms. The van der Waals surface area contributed by atoms with Crippen LogP contribution < -0.4 is 5.32 Å². The monoisotopic (exact) mass is 307 g/mol. The highest BCUT2D eigenvalue weighted by atomic mass is 79.9. The van der Waals surface area contributed by atoms with Crippen molar-refractivity contribution >= 4 is 27.5 Å². The molecule has 0 bridgehead atoms. The number of hydrogen-bond donors (Lipinski definition) is 1. The lowest BCUT2D eigenvalue weighted by Crippen LogP contribution is -2.12. The van der Waals surface area contributed by atoms with Crippen LogP contribution in [-0.2, 0) is 0 Å². The Morgan fingerprint density at radius 3 is 2.67 bits per heavy atom. The average molecular weight is 308 g/mol. The van der Waals surface area contributed by atoms with Crippen LogP contribution in [0, 0.1) is 12.7 Å². The molecule has 0 aliphatic rings. The molecule has 0 radical (unpaired) electrons. The van der Waals surface area contributed by atoms with Gasteiger partial charge in [0.25, 0.3) is 5.91 Å². The van der Waals surface area contributed by atoms with Gasteiger partial charge in [0, 0.05) is 15.7 Å². The molecular formula is C14H11BrFNO. The van der Waals surface area contributed by atoms with Crippen molar-refractivity contribution in [1.29, 1.82) is 0 Å². The van der Waals surface area contributed by atoms with Crippen LogP contribution in [-0.4, -0.2) is 5.91 Å². The van der Waals surface area contributed by atoms with E-state index >= 15 is 0 Å². The molecule has 1 amide bonds. The van der Waals surface area contributed by atoms with Crippen molar-refractivity contribution in [3.63, 3.8) is 0 Å². The summed E-state index contributed by atoms with van der Waals surface area (Å²) >= 11 is 3.37. The number of amides is 1. The van der Waals surface area contributed by atoms with E-state index in [2.05, 4.69) is 21.2 Å². The molecule has 92 valence electrons. The standard InChI is InChI=1S/C14H11BrFNO/c1-9-7-10(5-6-13(9)15)14(18)17-12-4-2-3-11(16)8-12/h2-8H,1H3,(H,17,18). The van der Waals surface area contributed by atoms with E-state index in [-0.39, 0.29) is 11.7 Å². The molecule has 0 heterocycles. The number of hydrogen-bond acceptors (Lipinski definition) is 1. The van der Waals surface area contributed by atoms with Gasteiger partial charge in [-0.3, -0.25) is 4.79 Å². The molecule has 1 N–H and O–H groups in total. The second-order valence-electron chi connectivity index (χ2n) is 3.93. The highest BCUT2D eigenvalue weighted by molar-refractivity contribution is 9.10. The van der Waals surface area contributed by atoms with Crippen molar-refractivity contribution < 1.29 is 9.18 Å². The van der Waals surface area contributed by atoms with Crippen LogP contribution in [0.5, 0.6) is 0 Å². The quantitative estimate of drug-likeness (QED) is 0.887. The summed E-state index contributed by atoms with van der Waals surface area (Å²) in [6.45, 7) is 1.91. The third kappa shape index (κ3) is 2.96. The van der Waals surface area contributed by atoms with Crippen molar-refractivity contribution in [2.24, 2.45) is 0 Å². The predicted molar refractivity (Wildman–Crippen MR) is 73.2 cm³/mol. The number of carbonyl (C=O) groups is 1. The average Bonchev–Trinajstić information content (AvgIpc) is 2.32. The Bertz CT molecular complexity index is 598. The highest BCUT2D eigenvalue weighted by Crippen LogP contribution is 2.18. The summed E-state index contributed by atoms with van der Waals surface area (Å²) in [4.78, 5) is 11.9. The summed E-state index contributed by atoms with van der Waals surface area (Å²) in [5.74, 6) is -0.629. The van der Waals surface area contributed by atoms with Crippen molar-refractivity contribution in [2.45, 2.75) is 6.92 Å². The number of nitrogens with one attached hydrogen (secondary N) is 1. The number of carbonyl (C=O) groups excluding carboxylic acids is 1. The first kappa shape index (κ1) is 12.8. The SMILES string of the molecule is Cc1cc(C(=O)Nc2cccc(F)c2)ccc1Br. The zero-order chi connectivity index (χ0) is 13.1. The Balaban J connectivity index is 2.19. The topological polar surface area (TPSA) is 29.1 Å². The van der Waals surface area contributed by atoms with E-state index in [1.165, 1.54) is 12.1 Å². The number of aryl methyl sites for hydroxylation is 1. The normalized spacial score (nSPS) is 10.2. The first-order valence-electron chi connectivity index (χ1n) is 5.39. The highest BCUT2D eigenvalue weighted by Gasteiger charge is 2.07. The maximum absolute atomic E-state index is 13.0. The van der Waals surface area contributed by atoms with Crippen LogP contribution in [0.15, 0.2) is 46.9 Å². The van der Waals surface area contributed by atoms with Crippen molar-refractivity contribution in [2.75, 3.05) is 5.32 Å². The second-order valence-corrected chi connectivity index (χ2v) is 4.78. The maximum atomic E-state index is 13.0. The largest absolute Gasteiger partial charge is 0.322 e. The third-order valence-electron chi connectivity index (χ3n) is 2.50. The smallest absolute Gasteiger partial charge is 0.255 e. The van der Waals surface area contributed by atoms with Gasteiger partial charge in [-0.05, 0) is 48.9 Å². The van der Waals surface area contributed by atoms with Crippen molar-refractivity contribution in [3.05, 3.63) is 63.9 Å². The fourth-order valence-corrected chi connectivity index (χ4v) is 1.80. The van der Waals surface area contributed by atoms with Gasteiger partial charge >= 0.3 is 0 Å². The zero-order valence-corrected chi connectivity index (χ0v) is 11.3. The predicted octanol–water partition coefficient (Wildman–Crippen LogP) is 4.15. The van der Waals surface area contributed by atoms with Gasteiger partial charge in [0.1, 0.15) is 5.82 Å². The van der Waals surface area contributed by atoms with Crippen LogP contribution in [0.25, 0.3) is 0 Å². The minimum absolute atomic E-state index is 0.254. The van der Waals surface area contributed by atoms with Gasteiger partial charge in [0.2, 0.25) is 0 Å². The van der Waals surface area contributed by atoms with E-state index in [0.717, 1.165) is 10.0 Å². The van der Waals surface area contributed by atoms with Crippen LogP contribution in [0.2, 0.25) is 0 Å². The van der Waals surface area contributed by atoms with Crippen molar-refractivity contribution in [3.8, 4) is 0 Å². The van der Waals surface area contributed by atoms with Crippen LogP contribution in [0.3, 0.4) is 0 Å². The molecule has 0 unspecified atom stereocenters. The van der Waals surface area contributed by atoms with E-state index in [1.54, 1.807) is 24.3 Å². The molecule has 2 nitrogen and oxygen atoms in total. The molecule has 0 spiro atoms. The molecule has 0 aromatic heterocycles. The van der Waals surface area contributed by atoms with Gasteiger partial charge in [-0.2, -0.15) is 0 Å². The lowest BCUT2D eigenvalue weighted by Gasteiger charge is -2.06. The summed E-state index contributed by atoms with van der Waals surface area (Å²) in [5.41, 5.74) is 1.96. The number of benzene rings is 2. The molecular weight excluding hydrogens is 297 g/mol. The Hall–Kier alpha value is -1.68. The Kier molecular flexibility index (Phi) is 3.77. The van der Waals surface area contributed by atoms with E-state index in [4.69, 9.17) is 0 Å². The lowest BCUT2D eigenvalue weighted by atomic mass is 10.1. The maximum Gasteiger partial charge on any atom is 0.255 e.